The van der Waals surface area contributed by atoms with Crippen molar-refractivity contribution < 1.29 is 9.59 Å². The lowest BCUT2D eigenvalue weighted by atomic mass is 10.0. The first kappa shape index (κ1) is 19.0. The third-order valence-corrected chi connectivity index (χ3v) is 6.01. The van der Waals surface area contributed by atoms with Gasteiger partial charge in [-0.25, -0.2) is 0 Å². The second-order valence-electron chi connectivity index (χ2n) is 6.46. The highest BCUT2D eigenvalue weighted by Crippen LogP contribution is 2.32. The number of aryl methyl sites for hydroxylation is 1. The van der Waals surface area contributed by atoms with Crippen LogP contribution in [0.1, 0.15) is 32.0 Å². The van der Waals surface area contributed by atoms with Crippen LogP contribution < -0.4 is 10.2 Å². The summed E-state index contributed by atoms with van der Waals surface area (Å²) in [7, 11) is 0. The maximum Gasteiger partial charge on any atom is 0.268 e. The summed E-state index contributed by atoms with van der Waals surface area (Å²) in [5.41, 5.74) is 2.96. The first-order valence-electron chi connectivity index (χ1n) is 8.77. The number of fused-ring (bicyclic) bond motifs is 1. The molecule has 2 heterocycles. The van der Waals surface area contributed by atoms with E-state index in [1.54, 1.807) is 24.3 Å². The summed E-state index contributed by atoms with van der Waals surface area (Å²) >= 11 is 13.5. The van der Waals surface area contributed by atoms with Crippen LogP contribution in [0, 0.1) is 0 Å². The summed E-state index contributed by atoms with van der Waals surface area (Å²) in [5, 5.41) is 5.55. The Morgan fingerprint density at radius 2 is 1.93 bits per heavy atom. The quantitative estimate of drug-likeness (QED) is 0.561. The fourth-order valence-electron chi connectivity index (χ4n) is 3.29. The van der Waals surface area contributed by atoms with E-state index in [1.807, 2.05) is 34.5 Å². The Morgan fingerprint density at radius 1 is 1.07 bits per heavy atom. The SMILES string of the molecule is O=C(Nc1ccc2c(c1)CCCN2C(=O)c1cccs1)c1ccc(Cl)cc1Cl. The van der Waals surface area contributed by atoms with Gasteiger partial charge in [-0.15, -0.1) is 11.3 Å². The van der Waals surface area contributed by atoms with Gasteiger partial charge >= 0.3 is 0 Å². The van der Waals surface area contributed by atoms with E-state index >= 15 is 0 Å². The lowest BCUT2D eigenvalue weighted by molar-refractivity contribution is 0.0987. The van der Waals surface area contributed by atoms with Crippen LogP contribution in [0.15, 0.2) is 53.9 Å². The number of amides is 2. The molecule has 0 aliphatic carbocycles. The molecule has 2 aromatic carbocycles. The fraction of sp³-hybridized carbons (Fsp3) is 0.143. The minimum absolute atomic E-state index is 0.0145. The molecule has 0 radical (unpaired) electrons. The van der Waals surface area contributed by atoms with Crippen LogP contribution in [-0.4, -0.2) is 18.4 Å². The number of carbonyl (C=O) groups is 2. The van der Waals surface area contributed by atoms with Crippen LogP contribution in [0.5, 0.6) is 0 Å². The number of carbonyl (C=O) groups excluding carboxylic acids is 2. The van der Waals surface area contributed by atoms with E-state index in [9.17, 15) is 9.59 Å². The van der Waals surface area contributed by atoms with Crippen molar-refractivity contribution in [2.75, 3.05) is 16.8 Å². The summed E-state index contributed by atoms with van der Waals surface area (Å²) in [4.78, 5) is 27.9. The van der Waals surface area contributed by atoms with Crippen LogP contribution in [-0.2, 0) is 6.42 Å². The van der Waals surface area contributed by atoms with Gasteiger partial charge in [-0.2, -0.15) is 0 Å². The maximum absolute atomic E-state index is 12.8. The minimum atomic E-state index is -0.302. The topological polar surface area (TPSA) is 49.4 Å². The lowest BCUT2D eigenvalue weighted by Crippen LogP contribution is -2.35. The molecule has 1 N–H and O–H groups in total. The van der Waals surface area contributed by atoms with Gasteiger partial charge in [0, 0.05) is 22.9 Å². The molecule has 0 saturated heterocycles. The Labute approximate surface area is 176 Å². The van der Waals surface area contributed by atoms with Crippen molar-refractivity contribution in [3.63, 3.8) is 0 Å². The normalized spacial score (nSPS) is 13.1. The predicted octanol–water partition coefficient (Wildman–Crippen LogP) is 5.90. The predicted molar refractivity (Wildman–Crippen MR) is 115 cm³/mol. The molecule has 0 bridgehead atoms. The van der Waals surface area contributed by atoms with Crippen molar-refractivity contribution in [2.45, 2.75) is 12.8 Å². The van der Waals surface area contributed by atoms with E-state index in [-0.39, 0.29) is 11.8 Å². The number of anilines is 2. The average Bonchev–Trinajstić information content (AvgIpc) is 3.21. The number of halogens is 2. The van der Waals surface area contributed by atoms with Crippen LogP contribution in [0.2, 0.25) is 10.0 Å². The molecule has 1 aliphatic heterocycles. The minimum Gasteiger partial charge on any atom is -0.322 e. The van der Waals surface area contributed by atoms with E-state index in [0.29, 0.717) is 27.8 Å². The molecule has 4 rings (SSSR count). The standard InChI is InChI=1S/C21H16Cl2N2O2S/c22-14-5-7-16(17(23)12-14)20(26)24-15-6-8-18-13(11-15)3-1-9-25(18)21(27)19-4-2-10-28-19/h2,4-8,10-12H,1,3,9H2,(H,24,26). The fourth-order valence-corrected chi connectivity index (χ4v) is 4.46. The molecule has 142 valence electrons. The van der Waals surface area contributed by atoms with Gasteiger partial charge in [-0.1, -0.05) is 29.3 Å². The summed E-state index contributed by atoms with van der Waals surface area (Å²) in [6.45, 7) is 0.690. The van der Waals surface area contributed by atoms with Crippen LogP contribution in [0.25, 0.3) is 0 Å². The number of thiophene rings is 1. The molecule has 7 heteroatoms. The van der Waals surface area contributed by atoms with Gasteiger partial charge in [0.25, 0.3) is 11.8 Å². The summed E-state index contributed by atoms with van der Waals surface area (Å²) < 4.78 is 0. The van der Waals surface area contributed by atoms with Crippen molar-refractivity contribution in [3.05, 3.63) is 80.0 Å². The Kier molecular flexibility index (Phi) is 5.40. The smallest absolute Gasteiger partial charge is 0.268 e. The number of rotatable bonds is 3. The van der Waals surface area contributed by atoms with Gasteiger partial charge < -0.3 is 10.2 Å². The monoisotopic (exact) mass is 430 g/mol. The second-order valence-corrected chi connectivity index (χ2v) is 8.25. The number of nitrogens with one attached hydrogen (secondary N) is 1. The number of hydrogen-bond acceptors (Lipinski definition) is 3. The number of hydrogen-bond donors (Lipinski definition) is 1. The molecule has 1 aromatic heterocycles. The molecule has 0 unspecified atom stereocenters. The lowest BCUT2D eigenvalue weighted by Gasteiger charge is -2.29. The van der Waals surface area contributed by atoms with Crippen LogP contribution >= 0.6 is 34.5 Å². The third kappa shape index (κ3) is 3.78. The van der Waals surface area contributed by atoms with E-state index in [0.717, 1.165) is 29.0 Å². The molecule has 0 atom stereocenters. The molecule has 0 saturated carbocycles. The van der Waals surface area contributed by atoms with Crippen molar-refractivity contribution in [1.29, 1.82) is 0 Å². The van der Waals surface area contributed by atoms with E-state index in [4.69, 9.17) is 23.2 Å². The molecule has 3 aromatic rings. The van der Waals surface area contributed by atoms with Crippen molar-refractivity contribution in [1.82, 2.24) is 0 Å². The van der Waals surface area contributed by atoms with Crippen molar-refractivity contribution in [3.8, 4) is 0 Å². The zero-order valence-electron chi connectivity index (χ0n) is 14.7. The van der Waals surface area contributed by atoms with Gasteiger partial charge in [0.15, 0.2) is 0 Å². The zero-order chi connectivity index (χ0) is 19.7. The number of benzene rings is 2. The van der Waals surface area contributed by atoms with Gasteiger partial charge in [-0.3, -0.25) is 9.59 Å². The first-order chi connectivity index (χ1) is 13.5. The van der Waals surface area contributed by atoms with Gasteiger partial charge in [-0.05, 0) is 66.2 Å². The Morgan fingerprint density at radius 3 is 2.68 bits per heavy atom. The number of nitrogens with zero attached hydrogens (tertiary/aromatic N) is 1. The molecule has 2 amide bonds. The highest BCUT2D eigenvalue weighted by atomic mass is 35.5. The van der Waals surface area contributed by atoms with Gasteiger partial charge in [0.2, 0.25) is 0 Å². The largest absolute Gasteiger partial charge is 0.322 e. The maximum atomic E-state index is 12.8. The summed E-state index contributed by atoms with van der Waals surface area (Å²) in [6, 6.07) is 14.1. The second kappa shape index (κ2) is 7.95. The highest BCUT2D eigenvalue weighted by molar-refractivity contribution is 7.12. The molecular weight excluding hydrogens is 415 g/mol. The third-order valence-electron chi connectivity index (χ3n) is 4.61. The zero-order valence-corrected chi connectivity index (χ0v) is 17.1. The average molecular weight is 431 g/mol. The van der Waals surface area contributed by atoms with E-state index in [1.165, 1.54) is 11.3 Å². The molecule has 4 nitrogen and oxygen atoms in total. The summed E-state index contributed by atoms with van der Waals surface area (Å²) in [5.74, 6) is -0.287. The Balaban J connectivity index is 1.57. The molecular formula is C21H16Cl2N2O2S. The van der Waals surface area contributed by atoms with Crippen LogP contribution in [0.4, 0.5) is 11.4 Å². The van der Waals surface area contributed by atoms with E-state index < -0.39 is 0 Å². The van der Waals surface area contributed by atoms with Crippen molar-refractivity contribution >= 4 is 57.7 Å². The Hall–Kier alpha value is -2.34. The Bertz CT molecular complexity index is 1050. The van der Waals surface area contributed by atoms with Gasteiger partial charge in [0.05, 0.1) is 15.5 Å². The first-order valence-corrected chi connectivity index (χ1v) is 10.4. The van der Waals surface area contributed by atoms with Crippen LogP contribution in [0.3, 0.4) is 0 Å². The van der Waals surface area contributed by atoms with Gasteiger partial charge in [0.1, 0.15) is 0 Å². The molecule has 0 spiro atoms. The molecule has 28 heavy (non-hydrogen) atoms. The van der Waals surface area contributed by atoms with Crippen molar-refractivity contribution in [2.24, 2.45) is 0 Å². The summed E-state index contributed by atoms with van der Waals surface area (Å²) in [6.07, 6.45) is 1.74. The highest BCUT2D eigenvalue weighted by Gasteiger charge is 2.24. The van der Waals surface area contributed by atoms with E-state index in [2.05, 4.69) is 5.32 Å². The molecule has 0 fully saturated rings. The molecule has 1 aliphatic rings.